The van der Waals surface area contributed by atoms with Crippen LogP contribution in [0.25, 0.3) is 22.6 Å². The Morgan fingerprint density at radius 3 is 2.67 bits per heavy atom. The largest absolute Gasteiger partial charge is 0.454 e. The first-order valence-corrected chi connectivity index (χ1v) is 8.66. The van der Waals surface area contributed by atoms with Crippen LogP contribution >= 0.6 is 0 Å². The van der Waals surface area contributed by atoms with Gasteiger partial charge in [-0.3, -0.25) is 4.99 Å². The van der Waals surface area contributed by atoms with Crippen LogP contribution in [0.15, 0.2) is 70.1 Å². The number of aliphatic imine (C=N–C) groups is 1. The number of rotatable bonds is 3. The molecule has 2 heterocycles. The molecule has 0 amide bonds. The second-order valence-corrected chi connectivity index (χ2v) is 6.41. The third kappa shape index (κ3) is 3.04. The number of hydrogen-bond donors (Lipinski definition) is 0. The van der Waals surface area contributed by atoms with Crippen molar-refractivity contribution < 1.29 is 13.9 Å². The minimum atomic E-state index is 0.271. The maximum Gasteiger partial charge on any atom is 0.231 e. The van der Waals surface area contributed by atoms with Crippen LogP contribution in [0, 0.1) is 6.92 Å². The number of nitrogens with zero attached hydrogens (tertiary/aromatic N) is 2. The molecule has 27 heavy (non-hydrogen) atoms. The Kier molecular flexibility index (Phi) is 3.64. The van der Waals surface area contributed by atoms with Gasteiger partial charge in [0.2, 0.25) is 12.7 Å². The van der Waals surface area contributed by atoms with E-state index in [2.05, 4.69) is 9.98 Å². The molecular weight excluding hydrogens is 340 g/mol. The molecule has 1 aromatic heterocycles. The van der Waals surface area contributed by atoms with Gasteiger partial charge in [0, 0.05) is 11.8 Å². The Bertz CT molecular complexity index is 1160. The predicted octanol–water partition coefficient (Wildman–Crippen LogP) is 5.28. The molecule has 0 bridgehead atoms. The first-order valence-electron chi connectivity index (χ1n) is 8.66. The van der Waals surface area contributed by atoms with Crippen molar-refractivity contribution in [1.82, 2.24) is 4.98 Å². The normalized spacial score (nSPS) is 12.9. The molecule has 132 valence electrons. The molecule has 5 heteroatoms. The first-order chi connectivity index (χ1) is 13.2. The van der Waals surface area contributed by atoms with Crippen LogP contribution in [-0.2, 0) is 0 Å². The summed E-state index contributed by atoms with van der Waals surface area (Å²) in [6, 6.07) is 19.6. The average molecular weight is 356 g/mol. The zero-order valence-electron chi connectivity index (χ0n) is 14.7. The highest BCUT2D eigenvalue weighted by Gasteiger charge is 2.12. The first kappa shape index (κ1) is 15.6. The maximum atomic E-state index is 5.87. The van der Waals surface area contributed by atoms with Gasteiger partial charge < -0.3 is 13.9 Å². The highest BCUT2D eigenvalue weighted by Crippen LogP contribution is 2.32. The second-order valence-electron chi connectivity index (χ2n) is 6.41. The highest BCUT2D eigenvalue weighted by atomic mass is 16.7. The number of hydrogen-bond acceptors (Lipinski definition) is 5. The van der Waals surface area contributed by atoms with Crippen molar-refractivity contribution in [2.75, 3.05) is 6.79 Å². The van der Waals surface area contributed by atoms with Crippen molar-refractivity contribution >= 4 is 23.0 Å². The lowest BCUT2D eigenvalue weighted by Crippen LogP contribution is -1.92. The van der Waals surface area contributed by atoms with Gasteiger partial charge in [-0.25, -0.2) is 4.98 Å². The molecule has 0 unspecified atom stereocenters. The minimum absolute atomic E-state index is 0.271. The fraction of sp³-hybridized carbons (Fsp3) is 0.0909. The van der Waals surface area contributed by atoms with Crippen molar-refractivity contribution in [3.63, 3.8) is 0 Å². The summed E-state index contributed by atoms with van der Waals surface area (Å²) in [6.45, 7) is 2.31. The fourth-order valence-corrected chi connectivity index (χ4v) is 2.99. The molecular formula is C22H16N2O3. The molecule has 0 saturated heterocycles. The van der Waals surface area contributed by atoms with Gasteiger partial charge in [0.05, 0.1) is 5.69 Å². The molecule has 0 atom stereocenters. The van der Waals surface area contributed by atoms with E-state index in [1.165, 1.54) is 0 Å². The standard InChI is InChI=1S/C22H16N2O3/c1-14-2-8-18-20(10-14)27-22(24-18)16-4-6-17(7-5-16)23-12-15-3-9-19-21(11-15)26-13-25-19/h2-12H,13H2,1H3. The molecule has 0 N–H and O–H groups in total. The van der Waals surface area contributed by atoms with Crippen LogP contribution in [0.2, 0.25) is 0 Å². The zero-order chi connectivity index (χ0) is 18.2. The quantitative estimate of drug-likeness (QED) is 0.469. The van der Waals surface area contributed by atoms with Crippen LogP contribution < -0.4 is 9.47 Å². The van der Waals surface area contributed by atoms with E-state index in [-0.39, 0.29) is 6.79 Å². The molecule has 5 rings (SSSR count). The van der Waals surface area contributed by atoms with E-state index in [0.29, 0.717) is 5.89 Å². The van der Waals surface area contributed by atoms with Crippen LogP contribution in [0.4, 0.5) is 5.69 Å². The number of ether oxygens (including phenoxy) is 2. The highest BCUT2D eigenvalue weighted by molar-refractivity contribution is 5.83. The molecule has 1 aliphatic heterocycles. The summed E-state index contributed by atoms with van der Waals surface area (Å²) in [7, 11) is 0. The van der Waals surface area contributed by atoms with Crippen molar-refractivity contribution in [3.05, 3.63) is 71.8 Å². The Labute approximate surface area is 155 Å². The van der Waals surface area contributed by atoms with E-state index >= 15 is 0 Å². The summed E-state index contributed by atoms with van der Waals surface area (Å²) in [5.41, 5.74) is 5.54. The monoisotopic (exact) mass is 356 g/mol. The molecule has 1 aliphatic rings. The number of oxazole rings is 1. The van der Waals surface area contributed by atoms with Gasteiger partial charge in [-0.1, -0.05) is 6.07 Å². The van der Waals surface area contributed by atoms with Gasteiger partial charge in [-0.2, -0.15) is 0 Å². The summed E-state index contributed by atoms with van der Waals surface area (Å²) in [5.74, 6) is 2.13. The van der Waals surface area contributed by atoms with Gasteiger partial charge >= 0.3 is 0 Å². The molecule has 5 nitrogen and oxygen atoms in total. The van der Waals surface area contributed by atoms with E-state index in [4.69, 9.17) is 13.9 Å². The van der Waals surface area contributed by atoms with Gasteiger partial charge in [0.25, 0.3) is 0 Å². The molecule has 0 saturated carbocycles. The lowest BCUT2D eigenvalue weighted by atomic mass is 10.2. The summed E-state index contributed by atoms with van der Waals surface area (Å²) < 4.78 is 16.6. The average Bonchev–Trinajstić information content (AvgIpc) is 3.32. The van der Waals surface area contributed by atoms with Crippen LogP contribution in [0.1, 0.15) is 11.1 Å². The summed E-state index contributed by atoms with van der Waals surface area (Å²) >= 11 is 0. The maximum absolute atomic E-state index is 5.87. The Hall–Kier alpha value is -3.60. The third-order valence-corrected chi connectivity index (χ3v) is 4.42. The second kappa shape index (κ2) is 6.29. The van der Waals surface area contributed by atoms with E-state index in [0.717, 1.165) is 45.0 Å². The lowest BCUT2D eigenvalue weighted by Gasteiger charge is -1.99. The summed E-state index contributed by atoms with van der Waals surface area (Å²) in [5, 5.41) is 0. The molecule has 4 aromatic rings. The van der Waals surface area contributed by atoms with Crippen molar-refractivity contribution in [2.24, 2.45) is 4.99 Å². The summed E-state index contributed by atoms with van der Waals surface area (Å²) in [4.78, 5) is 9.07. The number of benzene rings is 3. The molecule has 0 spiro atoms. The third-order valence-electron chi connectivity index (χ3n) is 4.42. The van der Waals surface area contributed by atoms with E-state index in [1.807, 2.05) is 67.6 Å². The van der Waals surface area contributed by atoms with E-state index in [9.17, 15) is 0 Å². The Morgan fingerprint density at radius 2 is 1.78 bits per heavy atom. The molecule has 0 aliphatic carbocycles. The van der Waals surface area contributed by atoms with Gasteiger partial charge in [-0.05, 0) is 72.6 Å². The topological polar surface area (TPSA) is 56.9 Å². The predicted molar refractivity (Wildman–Crippen MR) is 104 cm³/mol. The minimum Gasteiger partial charge on any atom is -0.454 e. The number of aryl methyl sites for hydroxylation is 1. The smallest absolute Gasteiger partial charge is 0.231 e. The van der Waals surface area contributed by atoms with Crippen LogP contribution in [-0.4, -0.2) is 18.0 Å². The molecule has 3 aromatic carbocycles. The SMILES string of the molecule is Cc1ccc2nc(-c3ccc(N=Cc4ccc5c(c4)OCO5)cc3)oc2c1. The Morgan fingerprint density at radius 1 is 0.926 bits per heavy atom. The fourth-order valence-electron chi connectivity index (χ4n) is 2.99. The number of fused-ring (bicyclic) bond motifs is 2. The van der Waals surface area contributed by atoms with Crippen molar-refractivity contribution in [2.45, 2.75) is 6.92 Å². The molecule has 0 fully saturated rings. The van der Waals surface area contributed by atoms with Crippen LogP contribution in [0.5, 0.6) is 11.5 Å². The molecule has 0 radical (unpaired) electrons. The van der Waals surface area contributed by atoms with Crippen molar-refractivity contribution in [3.8, 4) is 23.0 Å². The van der Waals surface area contributed by atoms with E-state index < -0.39 is 0 Å². The van der Waals surface area contributed by atoms with Gasteiger partial charge in [0.1, 0.15) is 5.52 Å². The van der Waals surface area contributed by atoms with E-state index in [1.54, 1.807) is 6.21 Å². The van der Waals surface area contributed by atoms with Crippen molar-refractivity contribution in [1.29, 1.82) is 0 Å². The van der Waals surface area contributed by atoms with Gasteiger partial charge in [-0.15, -0.1) is 0 Å². The Balaban J connectivity index is 1.37. The zero-order valence-corrected chi connectivity index (χ0v) is 14.7. The van der Waals surface area contributed by atoms with Gasteiger partial charge in [0.15, 0.2) is 17.1 Å². The summed E-state index contributed by atoms with van der Waals surface area (Å²) in [6.07, 6.45) is 1.80. The number of aromatic nitrogens is 1. The lowest BCUT2D eigenvalue weighted by molar-refractivity contribution is 0.174. The van der Waals surface area contributed by atoms with Crippen LogP contribution in [0.3, 0.4) is 0 Å².